The number of rotatable bonds is 10. The Morgan fingerprint density at radius 1 is 1.02 bits per heavy atom. The van der Waals surface area contributed by atoms with E-state index < -0.39 is 11.7 Å². The van der Waals surface area contributed by atoms with E-state index in [9.17, 15) is 13.2 Å². The van der Waals surface area contributed by atoms with Gasteiger partial charge < -0.3 is 10.2 Å². The maximum atomic E-state index is 13.5. The van der Waals surface area contributed by atoms with E-state index >= 15 is 0 Å². The van der Waals surface area contributed by atoms with Gasteiger partial charge in [-0.2, -0.15) is 18.4 Å². The number of hydrogen-bond donors (Lipinski definition) is 1. The summed E-state index contributed by atoms with van der Waals surface area (Å²) in [7, 11) is 0. The van der Waals surface area contributed by atoms with Crippen LogP contribution in [0.5, 0.6) is 0 Å². The molecule has 0 aromatic carbocycles. The number of nitriles is 1. The van der Waals surface area contributed by atoms with Crippen LogP contribution in [0.15, 0.2) is 82.2 Å². The van der Waals surface area contributed by atoms with E-state index in [-0.39, 0.29) is 6.04 Å². The van der Waals surface area contributed by atoms with Gasteiger partial charge in [-0.25, -0.2) is 0 Å². The first-order chi connectivity index (χ1) is 19.0. The summed E-state index contributed by atoms with van der Waals surface area (Å²) in [5.74, 6) is 0. The van der Waals surface area contributed by atoms with Crippen molar-refractivity contribution in [1.82, 2.24) is 10.2 Å². The van der Waals surface area contributed by atoms with E-state index in [1.807, 2.05) is 69.1 Å². The Morgan fingerprint density at radius 3 is 2.05 bits per heavy atom. The first-order valence-corrected chi connectivity index (χ1v) is 14.7. The molecule has 0 aromatic rings. The Balaban J connectivity index is 0. The van der Waals surface area contributed by atoms with Crippen molar-refractivity contribution >= 4 is 0 Å². The maximum Gasteiger partial charge on any atom is 0.416 e. The van der Waals surface area contributed by atoms with Crippen LogP contribution in [-0.4, -0.2) is 36.8 Å². The average Bonchev–Trinajstić information content (AvgIpc) is 2.91. The summed E-state index contributed by atoms with van der Waals surface area (Å²) in [4.78, 5) is 2.05. The van der Waals surface area contributed by atoms with Crippen LogP contribution < -0.4 is 5.32 Å². The van der Waals surface area contributed by atoms with Crippen LogP contribution in [0.3, 0.4) is 0 Å². The van der Waals surface area contributed by atoms with E-state index in [1.54, 1.807) is 19.9 Å². The van der Waals surface area contributed by atoms with Gasteiger partial charge in [-0.05, 0) is 71.6 Å². The maximum absolute atomic E-state index is 13.5. The number of nitrogens with one attached hydrogen (secondary N) is 1. The number of alkyl halides is 3. The van der Waals surface area contributed by atoms with Gasteiger partial charge in [0.05, 0.1) is 17.2 Å². The standard InChI is InChI=1S/C19H29F3N2.C13H19N.C2H6/c1-6-8-9-10-14(3)18(17(7-2)19(20,21)22)16(5)24-12-11-23-15(4)13-24;1-4-6-7-9-13(11-14)10-12(3)8-5-2;1-2/h7-10,15,23H,6,11-13H2,1-5H3;6-7,9-10H,4-5,8H2,1-3H3;1-2H3/b9-8+,14-10-,17-7+,18-16-;7-6+,12-10+,13-9+;. The minimum Gasteiger partial charge on any atom is -0.372 e. The molecule has 3 nitrogen and oxygen atoms in total. The Kier molecular flexibility index (Phi) is 22.6. The smallest absolute Gasteiger partial charge is 0.372 e. The Bertz CT molecular complexity index is 967. The predicted octanol–water partition coefficient (Wildman–Crippen LogP) is 10.2. The monoisotopic (exact) mass is 561 g/mol. The van der Waals surface area contributed by atoms with Gasteiger partial charge in [-0.1, -0.05) is 83.1 Å². The van der Waals surface area contributed by atoms with Crippen molar-refractivity contribution in [2.75, 3.05) is 19.6 Å². The molecular formula is C34H54F3N3. The summed E-state index contributed by atoms with van der Waals surface area (Å²) in [5.41, 5.74) is 3.05. The zero-order valence-electron chi connectivity index (χ0n) is 26.7. The molecule has 0 aromatic heterocycles. The van der Waals surface area contributed by atoms with Crippen LogP contribution in [0.2, 0.25) is 0 Å². The third-order valence-electron chi connectivity index (χ3n) is 6.00. The van der Waals surface area contributed by atoms with E-state index in [4.69, 9.17) is 5.26 Å². The number of hydrogen-bond acceptors (Lipinski definition) is 3. The van der Waals surface area contributed by atoms with Crippen LogP contribution >= 0.6 is 0 Å². The van der Waals surface area contributed by atoms with Gasteiger partial charge in [0.25, 0.3) is 0 Å². The molecule has 0 amide bonds. The minimum atomic E-state index is -4.37. The highest BCUT2D eigenvalue weighted by molar-refractivity contribution is 5.51. The Hall–Kier alpha value is -2.78. The van der Waals surface area contributed by atoms with Crippen LogP contribution in [0.25, 0.3) is 0 Å². The quantitative estimate of drug-likeness (QED) is 0.213. The first-order valence-electron chi connectivity index (χ1n) is 14.7. The van der Waals surface area contributed by atoms with Crippen molar-refractivity contribution in [3.05, 3.63) is 82.2 Å². The molecular weight excluding hydrogens is 507 g/mol. The molecule has 1 aliphatic rings. The van der Waals surface area contributed by atoms with Crippen LogP contribution in [-0.2, 0) is 0 Å². The number of halogens is 3. The van der Waals surface area contributed by atoms with Gasteiger partial charge in [-0.15, -0.1) is 0 Å². The molecule has 1 atom stereocenters. The van der Waals surface area contributed by atoms with Crippen molar-refractivity contribution in [3.63, 3.8) is 0 Å². The molecule has 1 rings (SSSR count). The van der Waals surface area contributed by atoms with Gasteiger partial charge >= 0.3 is 6.18 Å². The highest BCUT2D eigenvalue weighted by atomic mass is 19.4. The Labute approximate surface area is 243 Å². The molecule has 0 radical (unpaired) electrons. The fourth-order valence-electron chi connectivity index (χ4n) is 4.13. The van der Waals surface area contributed by atoms with E-state index in [0.717, 1.165) is 37.8 Å². The third-order valence-corrected chi connectivity index (χ3v) is 6.00. The molecule has 0 bridgehead atoms. The second-order valence-corrected chi connectivity index (χ2v) is 9.46. The number of nitrogens with zero attached hydrogens (tertiary/aromatic N) is 2. The Morgan fingerprint density at radius 2 is 1.60 bits per heavy atom. The summed E-state index contributed by atoms with van der Waals surface area (Å²) in [6.45, 7) is 21.5. The highest BCUT2D eigenvalue weighted by Gasteiger charge is 2.37. The molecule has 1 heterocycles. The van der Waals surface area contributed by atoms with Crippen molar-refractivity contribution in [3.8, 4) is 6.07 Å². The van der Waals surface area contributed by atoms with Crippen molar-refractivity contribution in [2.24, 2.45) is 0 Å². The first kappa shape index (κ1) is 39.4. The van der Waals surface area contributed by atoms with Crippen molar-refractivity contribution < 1.29 is 13.2 Å². The predicted molar refractivity (Wildman–Crippen MR) is 168 cm³/mol. The topological polar surface area (TPSA) is 39.1 Å². The molecule has 0 saturated carbocycles. The van der Waals surface area contributed by atoms with Crippen LogP contribution in [0, 0.1) is 11.3 Å². The van der Waals surface area contributed by atoms with E-state index in [0.29, 0.717) is 29.9 Å². The van der Waals surface area contributed by atoms with Gasteiger partial charge in [-0.3, -0.25) is 0 Å². The fourth-order valence-corrected chi connectivity index (χ4v) is 4.13. The summed E-state index contributed by atoms with van der Waals surface area (Å²) in [5, 5.41) is 12.2. The van der Waals surface area contributed by atoms with Crippen LogP contribution in [0.4, 0.5) is 13.2 Å². The fraction of sp³-hybridized carbons (Fsp3) is 0.559. The average molecular weight is 562 g/mol. The summed E-state index contributed by atoms with van der Waals surface area (Å²) in [6.07, 6.45) is 14.2. The second kappa shape index (κ2) is 23.0. The number of allylic oxidation sites excluding steroid dienone is 14. The molecule has 226 valence electrons. The molecule has 1 N–H and O–H groups in total. The molecule has 1 saturated heterocycles. The lowest BCUT2D eigenvalue weighted by atomic mass is 9.94. The van der Waals surface area contributed by atoms with E-state index in [2.05, 4.69) is 32.2 Å². The summed E-state index contributed by atoms with van der Waals surface area (Å²) in [6, 6.07) is 2.45. The molecule has 0 spiro atoms. The van der Waals surface area contributed by atoms with Gasteiger partial charge in [0.15, 0.2) is 0 Å². The van der Waals surface area contributed by atoms with Gasteiger partial charge in [0.1, 0.15) is 0 Å². The zero-order chi connectivity index (χ0) is 31.1. The normalized spacial score (nSPS) is 18.1. The third kappa shape index (κ3) is 16.4. The molecule has 1 fully saturated rings. The van der Waals surface area contributed by atoms with E-state index in [1.165, 1.54) is 18.6 Å². The SMILES string of the molecule is CC.CC/C=C/C=C(C#N)\C=C(/C)CCC.C\C=C(C(/C(C)=C\C=C\CC)=C(/C)N1CCNC(C)C1)\C(F)(F)F. The lowest BCUT2D eigenvalue weighted by molar-refractivity contribution is -0.0894. The molecule has 40 heavy (non-hydrogen) atoms. The summed E-state index contributed by atoms with van der Waals surface area (Å²) < 4.78 is 40.6. The minimum absolute atomic E-state index is 0.263. The van der Waals surface area contributed by atoms with Crippen LogP contribution in [0.1, 0.15) is 94.9 Å². The zero-order valence-corrected chi connectivity index (χ0v) is 26.7. The van der Waals surface area contributed by atoms with Gasteiger partial charge in [0, 0.05) is 36.9 Å². The lowest BCUT2D eigenvalue weighted by Crippen LogP contribution is -2.48. The largest absolute Gasteiger partial charge is 0.416 e. The van der Waals surface area contributed by atoms with Gasteiger partial charge in [0.2, 0.25) is 0 Å². The molecule has 1 aliphatic heterocycles. The molecule has 6 heteroatoms. The lowest BCUT2D eigenvalue weighted by Gasteiger charge is -2.36. The molecule has 1 unspecified atom stereocenters. The number of piperazine rings is 1. The summed E-state index contributed by atoms with van der Waals surface area (Å²) >= 11 is 0. The highest BCUT2D eigenvalue weighted by Crippen LogP contribution is 2.37. The second-order valence-electron chi connectivity index (χ2n) is 9.46. The molecule has 0 aliphatic carbocycles. The van der Waals surface area contributed by atoms with Crippen molar-refractivity contribution in [2.45, 2.75) is 107 Å². The van der Waals surface area contributed by atoms with Crippen molar-refractivity contribution in [1.29, 1.82) is 5.26 Å².